The molecule has 0 aliphatic carbocycles. The molecule has 29 heavy (non-hydrogen) atoms. The van der Waals surface area contributed by atoms with Gasteiger partial charge in [-0.1, -0.05) is 77.0 Å². The van der Waals surface area contributed by atoms with E-state index in [1.165, 1.54) is 56.3 Å². The summed E-state index contributed by atoms with van der Waals surface area (Å²) in [5, 5.41) is 8.97. The van der Waals surface area contributed by atoms with Crippen LogP contribution in [0.15, 0.2) is 0 Å². The van der Waals surface area contributed by atoms with Crippen LogP contribution in [0.2, 0.25) is 0 Å². The van der Waals surface area contributed by atoms with E-state index in [-0.39, 0.29) is 37.5 Å². The SMILES string of the molecule is O=CC1C(=O)CCCCCCCCCCCCCCCCC(=O)N1CCC(=O)O. The van der Waals surface area contributed by atoms with Gasteiger partial charge in [0.2, 0.25) is 5.91 Å². The molecule has 1 N–H and O–H groups in total. The van der Waals surface area contributed by atoms with Crippen molar-refractivity contribution in [3.05, 3.63) is 0 Å². The summed E-state index contributed by atoms with van der Waals surface area (Å²) in [4.78, 5) is 48.9. The second-order valence-electron chi connectivity index (χ2n) is 8.23. The summed E-state index contributed by atoms with van der Waals surface area (Å²) < 4.78 is 0. The maximum Gasteiger partial charge on any atom is 0.305 e. The van der Waals surface area contributed by atoms with Gasteiger partial charge in [0.05, 0.1) is 6.42 Å². The molecule has 0 aromatic rings. The zero-order valence-electron chi connectivity index (χ0n) is 17.9. The Bertz CT molecular complexity index is 505. The van der Waals surface area contributed by atoms with E-state index in [2.05, 4.69) is 0 Å². The van der Waals surface area contributed by atoms with Crippen molar-refractivity contribution in [2.75, 3.05) is 6.54 Å². The average Bonchev–Trinajstić information content (AvgIpc) is 2.69. The van der Waals surface area contributed by atoms with E-state index < -0.39 is 12.0 Å². The number of Topliss-reactive ketones (excluding diaryl/α,β-unsaturated/α-hetero) is 1. The van der Waals surface area contributed by atoms with Gasteiger partial charge in [0, 0.05) is 19.4 Å². The molecule has 0 spiro atoms. The number of amides is 1. The number of nitrogens with zero attached hydrogens (tertiary/aromatic N) is 1. The highest BCUT2D eigenvalue weighted by Crippen LogP contribution is 2.16. The lowest BCUT2D eigenvalue weighted by Crippen LogP contribution is -2.47. The molecule has 1 aliphatic heterocycles. The zero-order valence-corrected chi connectivity index (χ0v) is 17.9. The molecule has 0 radical (unpaired) electrons. The molecular formula is C23H39NO5. The Morgan fingerprint density at radius 2 is 1.21 bits per heavy atom. The van der Waals surface area contributed by atoms with Gasteiger partial charge in [-0.2, -0.15) is 0 Å². The molecule has 1 rings (SSSR count). The number of rotatable bonds is 4. The molecule has 1 fully saturated rings. The second-order valence-corrected chi connectivity index (χ2v) is 8.23. The largest absolute Gasteiger partial charge is 0.481 e. The highest BCUT2D eigenvalue weighted by molar-refractivity contribution is 6.00. The van der Waals surface area contributed by atoms with Crippen LogP contribution in [0, 0.1) is 0 Å². The molecule has 1 amide bonds. The van der Waals surface area contributed by atoms with E-state index in [1.54, 1.807) is 0 Å². The maximum absolute atomic E-state index is 12.6. The first-order valence-electron chi connectivity index (χ1n) is 11.6. The predicted octanol–water partition coefficient (Wildman–Crippen LogP) is 4.68. The van der Waals surface area contributed by atoms with Gasteiger partial charge in [0.25, 0.3) is 0 Å². The average molecular weight is 410 g/mol. The standard InChI is InChI=1S/C23H39NO5/c25-19-20-21(26)15-13-11-9-7-5-3-1-2-4-6-8-10-12-14-16-22(27)24(20)18-17-23(28)29/h19-20H,1-18H2,(H,28,29). The van der Waals surface area contributed by atoms with E-state index in [0.29, 0.717) is 19.1 Å². The molecule has 6 heteroatoms. The van der Waals surface area contributed by atoms with Gasteiger partial charge in [0.15, 0.2) is 5.78 Å². The summed E-state index contributed by atoms with van der Waals surface area (Å²) in [6.45, 7) is -0.0939. The number of carboxylic acid groups (broad SMARTS) is 1. The normalized spacial score (nSPS) is 22.8. The Kier molecular flexibility index (Phi) is 14.1. The molecule has 0 bridgehead atoms. The number of ketones is 1. The van der Waals surface area contributed by atoms with Crippen molar-refractivity contribution in [2.24, 2.45) is 0 Å². The smallest absolute Gasteiger partial charge is 0.305 e. The van der Waals surface area contributed by atoms with Crippen molar-refractivity contribution in [3.8, 4) is 0 Å². The highest BCUT2D eigenvalue weighted by atomic mass is 16.4. The number of aliphatic carboxylic acids is 1. The van der Waals surface area contributed by atoms with E-state index >= 15 is 0 Å². The Balaban J connectivity index is 2.68. The van der Waals surface area contributed by atoms with Gasteiger partial charge in [-0.15, -0.1) is 0 Å². The van der Waals surface area contributed by atoms with Gasteiger partial charge in [-0.3, -0.25) is 14.4 Å². The minimum Gasteiger partial charge on any atom is -0.481 e. The molecule has 1 atom stereocenters. The fraction of sp³-hybridized carbons (Fsp3) is 0.826. The molecule has 1 unspecified atom stereocenters. The van der Waals surface area contributed by atoms with Crippen LogP contribution in [0.5, 0.6) is 0 Å². The molecule has 166 valence electrons. The van der Waals surface area contributed by atoms with Gasteiger partial charge in [-0.25, -0.2) is 0 Å². The van der Waals surface area contributed by atoms with Crippen molar-refractivity contribution >= 4 is 23.9 Å². The Morgan fingerprint density at radius 3 is 1.62 bits per heavy atom. The van der Waals surface area contributed by atoms with Crippen LogP contribution in [0.1, 0.15) is 109 Å². The summed E-state index contributed by atoms with van der Waals surface area (Å²) in [6, 6.07) is -1.15. The Labute approximate surface area is 175 Å². The highest BCUT2D eigenvalue weighted by Gasteiger charge is 2.28. The quantitative estimate of drug-likeness (QED) is 0.537. The second kappa shape index (κ2) is 16.1. The lowest BCUT2D eigenvalue weighted by Gasteiger charge is -2.27. The number of hydrogen-bond donors (Lipinski definition) is 1. The van der Waals surface area contributed by atoms with Crippen LogP contribution in [-0.4, -0.2) is 46.5 Å². The number of carbonyl (C=O) groups is 4. The third-order valence-electron chi connectivity index (χ3n) is 5.75. The van der Waals surface area contributed by atoms with Gasteiger partial charge < -0.3 is 14.8 Å². The summed E-state index contributed by atoms with van der Waals surface area (Å²) in [6.07, 6.45) is 16.2. The minimum absolute atomic E-state index is 0.0939. The van der Waals surface area contributed by atoms with E-state index in [9.17, 15) is 19.2 Å². The number of aldehydes is 1. The van der Waals surface area contributed by atoms with Gasteiger partial charge >= 0.3 is 5.97 Å². The maximum atomic E-state index is 12.6. The molecule has 1 aliphatic rings. The van der Waals surface area contributed by atoms with Crippen LogP contribution in [0.4, 0.5) is 0 Å². The molecule has 1 saturated heterocycles. The van der Waals surface area contributed by atoms with Gasteiger partial charge in [-0.05, 0) is 12.8 Å². The summed E-state index contributed by atoms with van der Waals surface area (Å²) >= 11 is 0. The third-order valence-corrected chi connectivity index (χ3v) is 5.75. The van der Waals surface area contributed by atoms with Crippen LogP contribution in [0.25, 0.3) is 0 Å². The van der Waals surface area contributed by atoms with Crippen LogP contribution >= 0.6 is 0 Å². The third kappa shape index (κ3) is 11.8. The van der Waals surface area contributed by atoms with Crippen molar-refractivity contribution in [1.29, 1.82) is 0 Å². The van der Waals surface area contributed by atoms with Crippen LogP contribution in [0.3, 0.4) is 0 Å². The molecular weight excluding hydrogens is 370 g/mol. The summed E-state index contributed by atoms with van der Waals surface area (Å²) in [5.41, 5.74) is 0. The predicted molar refractivity (Wildman–Crippen MR) is 113 cm³/mol. The topological polar surface area (TPSA) is 91.8 Å². The fourth-order valence-electron chi connectivity index (χ4n) is 3.95. The van der Waals surface area contributed by atoms with Crippen molar-refractivity contribution in [1.82, 2.24) is 4.90 Å². The monoisotopic (exact) mass is 409 g/mol. The van der Waals surface area contributed by atoms with Gasteiger partial charge in [0.1, 0.15) is 12.3 Å². The van der Waals surface area contributed by atoms with Crippen molar-refractivity contribution in [2.45, 2.75) is 115 Å². The van der Waals surface area contributed by atoms with Crippen molar-refractivity contribution < 1.29 is 24.3 Å². The van der Waals surface area contributed by atoms with E-state index in [1.807, 2.05) is 0 Å². The summed E-state index contributed by atoms with van der Waals surface area (Å²) in [7, 11) is 0. The molecule has 6 nitrogen and oxygen atoms in total. The van der Waals surface area contributed by atoms with E-state index in [0.717, 1.165) is 25.7 Å². The van der Waals surface area contributed by atoms with Crippen LogP contribution in [-0.2, 0) is 19.2 Å². The Morgan fingerprint density at radius 1 is 0.793 bits per heavy atom. The number of carbonyl (C=O) groups excluding carboxylic acids is 3. The molecule has 0 saturated carbocycles. The summed E-state index contributed by atoms with van der Waals surface area (Å²) in [5.74, 6) is -1.60. The first-order chi connectivity index (χ1) is 14.1. The molecule has 1 heterocycles. The lowest BCUT2D eigenvalue weighted by atomic mass is 10.0. The number of hydrogen-bond acceptors (Lipinski definition) is 4. The Hall–Kier alpha value is -1.72. The van der Waals surface area contributed by atoms with Crippen LogP contribution < -0.4 is 0 Å². The van der Waals surface area contributed by atoms with E-state index in [4.69, 9.17) is 5.11 Å². The fourth-order valence-corrected chi connectivity index (χ4v) is 3.95. The molecule has 0 aromatic heterocycles. The lowest BCUT2D eigenvalue weighted by molar-refractivity contribution is -0.145. The number of carboxylic acids is 1. The molecule has 0 aromatic carbocycles. The zero-order chi connectivity index (χ0) is 21.3. The minimum atomic E-state index is -1.15. The first-order valence-corrected chi connectivity index (χ1v) is 11.6. The first kappa shape index (κ1) is 25.3. The van der Waals surface area contributed by atoms with Crippen molar-refractivity contribution in [3.63, 3.8) is 0 Å².